The van der Waals surface area contributed by atoms with Gasteiger partial charge in [-0.3, -0.25) is 14.4 Å². The Morgan fingerprint density at radius 3 is 0.795 bits per heavy atom. The largest absolute Gasteiger partial charge is 0.462 e. The maximum atomic E-state index is 12.9. The fourth-order valence-electron chi connectivity index (χ4n) is 8.61. The van der Waals surface area contributed by atoms with Crippen molar-refractivity contribution in [3.8, 4) is 0 Å². The lowest BCUT2D eigenvalue weighted by atomic mass is 10.0. The van der Waals surface area contributed by atoms with Crippen molar-refractivity contribution < 1.29 is 28.6 Å². The summed E-state index contributed by atoms with van der Waals surface area (Å²) in [5.41, 5.74) is 0. The minimum absolute atomic E-state index is 0.0940. The van der Waals surface area contributed by atoms with Gasteiger partial charge in [-0.1, -0.05) is 264 Å². The van der Waals surface area contributed by atoms with E-state index in [1.807, 2.05) is 0 Å². The van der Waals surface area contributed by atoms with Crippen LogP contribution in [0, 0.1) is 0 Å². The van der Waals surface area contributed by atoms with Crippen LogP contribution in [0.4, 0.5) is 0 Å². The molecule has 0 rings (SSSR count). The Balaban J connectivity index is 4.27. The topological polar surface area (TPSA) is 78.9 Å². The number of unbranched alkanes of at least 4 members (excludes halogenated alkanes) is 24. The SMILES string of the molecule is CC/C=C\C/C=C\C/C=C\C/C=C\C/C=C\C/C=C\CCCCCCCCCCCCCCC(=O)OCC(COC(=O)CCCCCCC/C=C\CCCCC)OC(=O)CCCCCC/C=C\C/C=C\C/C=C\C/C=C\CC. The van der Waals surface area contributed by atoms with E-state index in [1.165, 1.54) is 96.3 Å². The summed E-state index contributed by atoms with van der Waals surface area (Å²) in [5, 5.41) is 0. The third kappa shape index (κ3) is 62.4. The van der Waals surface area contributed by atoms with Crippen LogP contribution in [0.15, 0.2) is 134 Å². The molecule has 0 spiro atoms. The van der Waals surface area contributed by atoms with E-state index < -0.39 is 6.10 Å². The Bertz CT molecular complexity index is 1670. The molecule has 0 aliphatic heterocycles. The highest BCUT2D eigenvalue weighted by Gasteiger charge is 2.19. The lowest BCUT2D eigenvalue weighted by Gasteiger charge is -2.18. The van der Waals surface area contributed by atoms with Crippen molar-refractivity contribution in [3.63, 3.8) is 0 Å². The van der Waals surface area contributed by atoms with Gasteiger partial charge in [-0.15, -0.1) is 0 Å². The van der Waals surface area contributed by atoms with Gasteiger partial charge in [-0.05, 0) is 135 Å². The quantitative estimate of drug-likeness (QED) is 0.0261. The van der Waals surface area contributed by atoms with Gasteiger partial charge in [-0.2, -0.15) is 0 Å². The Morgan fingerprint density at radius 2 is 0.500 bits per heavy atom. The van der Waals surface area contributed by atoms with Crippen molar-refractivity contribution in [3.05, 3.63) is 134 Å². The van der Waals surface area contributed by atoms with Gasteiger partial charge in [0.1, 0.15) is 13.2 Å². The minimum atomic E-state index is -0.799. The zero-order valence-electron chi connectivity index (χ0n) is 50.6. The molecule has 1 unspecified atom stereocenters. The zero-order chi connectivity index (χ0) is 56.4. The number of carbonyl (C=O) groups is 3. The molecule has 0 N–H and O–H groups in total. The van der Waals surface area contributed by atoms with E-state index in [-0.39, 0.29) is 31.1 Å². The number of allylic oxidation sites excluding steroid dienone is 22. The molecule has 0 saturated carbocycles. The molecule has 0 bridgehead atoms. The van der Waals surface area contributed by atoms with Crippen molar-refractivity contribution >= 4 is 17.9 Å². The summed E-state index contributed by atoms with van der Waals surface area (Å²) in [6, 6.07) is 0. The van der Waals surface area contributed by atoms with Crippen LogP contribution in [-0.2, 0) is 28.6 Å². The molecule has 0 saturated heterocycles. The molecule has 0 radical (unpaired) electrons. The van der Waals surface area contributed by atoms with Crippen LogP contribution in [-0.4, -0.2) is 37.2 Å². The van der Waals surface area contributed by atoms with Crippen LogP contribution in [0.5, 0.6) is 0 Å². The van der Waals surface area contributed by atoms with Crippen molar-refractivity contribution in [2.45, 2.75) is 290 Å². The standard InChI is InChI=1S/C72H118O6/c1-4-7-10-13-16-19-22-25-27-29-30-31-32-33-34-35-36-37-38-39-40-41-42-44-45-47-50-53-56-59-62-65-71(74)77-68-69(67-76-70(73)64-61-58-55-52-49-24-21-18-15-12-9-6-3)78-72(75)66-63-60-57-54-51-48-46-43-28-26-23-20-17-14-11-8-5-2/h7-8,10-11,16-21,25-28,30-31,33-34,36-37,46,48,69H,4-6,9,12-15,22-24,29,32,35,38-45,47,49-68H2,1-3H3/b10-7-,11-8-,19-16-,20-17-,21-18-,27-25-,28-26-,31-30-,34-33-,37-36-,48-46-. The van der Waals surface area contributed by atoms with E-state index in [0.717, 1.165) is 148 Å². The van der Waals surface area contributed by atoms with Crippen LogP contribution >= 0.6 is 0 Å². The summed E-state index contributed by atoms with van der Waals surface area (Å²) in [6.45, 7) is 6.36. The number of rotatable bonds is 57. The molecule has 0 heterocycles. The second-order valence-corrected chi connectivity index (χ2v) is 20.9. The minimum Gasteiger partial charge on any atom is -0.462 e. The molecule has 0 amide bonds. The Morgan fingerprint density at radius 1 is 0.269 bits per heavy atom. The molecule has 0 aromatic heterocycles. The average Bonchev–Trinajstić information content (AvgIpc) is 3.44. The first-order valence-electron chi connectivity index (χ1n) is 32.2. The van der Waals surface area contributed by atoms with Gasteiger partial charge in [0.25, 0.3) is 0 Å². The highest BCUT2D eigenvalue weighted by Crippen LogP contribution is 2.15. The van der Waals surface area contributed by atoms with Gasteiger partial charge in [0.05, 0.1) is 0 Å². The number of hydrogen-bond acceptors (Lipinski definition) is 6. The van der Waals surface area contributed by atoms with E-state index in [9.17, 15) is 14.4 Å². The maximum absolute atomic E-state index is 12.9. The molecular weight excluding hydrogens is 961 g/mol. The maximum Gasteiger partial charge on any atom is 0.306 e. The molecule has 0 aromatic rings. The van der Waals surface area contributed by atoms with Gasteiger partial charge in [0, 0.05) is 19.3 Å². The number of ether oxygens (including phenoxy) is 3. The number of carbonyl (C=O) groups excluding carboxylic acids is 3. The van der Waals surface area contributed by atoms with E-state index in [4.69, 9.17) is 14.2 Å². The normalized spacial score (nSPS) is 13.0. The third-order valence-corrected chi connectivity index (χ3v) is 13.4. The molecule has 0 aromatic carbocycles. The van der Waals surface area contributed by atoms with Crippen LogP contribution in [0.2, 0.25) is 0 Å². The first kappa shape index (κ1) is 73.5. The second kappa shape index (κ2) is 65.1. The second-order valence-electron chi connectivity index (χ2n) is 20.9. The average molecular weight is 1080 g/mol. The predicted octanol–water partition coefficient (Wildman–Crippen LogP) is 22.2. The van der Waals surface area contributed by atoms with E-state index in [2.05, 4.69) is 154 Å². The summed E-state index contributed by atoms with van der Waals surface area (Å²) >= 11 is 0. The van der Waals surface area contributed by atoms with Gasteiger partial charge in [0.15, 0.2) is 6.10 Å². The zero-order valence-corrected chi connectivity index (χ0v) is 50.6. The summed E-state index contributed by atoms with van der Waals surface area (Å²) in [6.07, 6.45) is 91.8. The highest BCUT2D eigenvalue weighted by atomic mass is 16.6. The lowest BCUT2D eigenvalue weighted by Crippen LogP contribution is -2.30. The Kier molecular flexibility index (Phi) is 61.4. The molecule has 6 nitrogen and oxygen atoms in total. The Labute approximate surface area is 481 Å². The Hall–Kier alpha value is -4.45. The number of esters is 3. The van der Waals surface area contributed by atoms with Crippen LogP contribution < -0.4 is 0 Å². The number of hydrogen-bond donors (Lipinski definition) is 0. The fourth-order valence-corrected chi connectivity index (χ4v) is 8.61. The lowest BCUT2D eigenvalue weighted by molar-refractivity contribution is -0.167. The first-order valence-corrected chi connectivity index (χ1v) is 32.2. The van der Waals surface area contributed by atoms with Crippen molar-refractivity contribution in [2.24, 2.45) is 0 Å². The van der Waals surface area contributed by atoms with Gasteiger partial charge >= 0.3 is 17.9 Å². The van der Waals surface area contributed by atoms with Crippen LogP contribution in [0.1, 0.15) is 284 Å². The van der Waals surface area contributed by atoms with Crippen molar-refractivity contribution in [2.75, 3.05) is 13.2 Å². The monoisotopic (exact) mass is 1080 g/mol. The molecule has 0 aliphatic carbocycles. The molecule has 0 aliphatic rings. The summed E-state index contributed by atoms with van der Waals surface area (Å²) in [4.78, 5) is 38.3. The fraction of sp³-hybridized carbons (Fsp3) is 0.653. The summed E-state index contributed by atoms with van der Waals surface area (Å²) < 4.78 is 16.9. The summed E-state index contributed by atoms with van der Waals surface area (Å²) in [7, 11) is 0. The van der Waals surface area contributed by atoms with Gasteiger partial charge in [0.2, 0.25) is 0 Å². The molecule has 1 atom stereocenters. The molecule has 6 heteroatoms. The first-order chi connectivity index (χ1) is 38.5. The molecule has 78 heavy (non-hydrogen) atoms. The van der Waals surface area contributed by atoms with Crippen LogP contribution in [0.3, 0.4) is 0 Å². The van der Waals surface area contributed by atoms with Gasteiger partial charge in [-0.25, -0.2) is 0 Å². The molecule has 0 fully saturated rings. The molecule has 442 valence electrons. The molecular formula is C72H118O6. The van der Waals surface area contributed by atoms with Crippen LogP contribution in [0.25, 0.3) is 0 Å². The predicted molar refractivity (Wildman–Crippen MR) is 339 cm³/mol. The highest BCUT2D eigenvalue weighted by molar-refractivity contribution is 5.71. The van der Waals surface area contributed by atoms with Crippen molar-refractivity contribution in [1.82, 2.24) is 0 Å². The van der Waals surface area contributed by atoms with Gasteiger partial charge < -0.3 is 14.2 Å². The van der Waals surface area contributed by atoms with E-state index in [1.54, 1.807) is 0 Å². The van der Waals surface area contributed by atoms with E-state index in [0.29, 0.717) is 19.3 Å². The van der Waals surface area contributed by atoms with Crippen molar-refractivity contribution in [1.29, 1.82) is 0 Å². The third-order valence-electron chi connectivity index (χ3n) is 13.4. The summed E-state index contributed by atoms with van der Waals surface area (Å²) in [5.74, 6) is -0.927. The smallest absolute Gasteiger partial charge is 0.306 e. The van der Waals surface area contributed by atoms with E-state index >= 15 is 0 Å².